The number of nitrogens with zero attached hydrogens (tertiary/aromatic N) is 3. The molecule has 2 aromatic heterocycles. The summed E-state index contributed by atoms with van der Waals surface area (Å²) in [6, 6.07) is 26.2. The van der Waals surface area contributed by atoms with E-state index in [1.807, 2.05) is 85.8 Å². The molecule has 3 aromatic carbocycles. The van der Waals surface area contributed by atoms with Gasteiger partial charge in [0.2, 0.25) is 0 Å². The molecular formula is C31H29N5O4S. The van der Waals surface area contributed by atoms with Crippen molar-refractivity contribution in [1.82, 2.24) is 14.8 Å². The molecule has 3 heterocycles. The molecule has 0 bridgehead atoms. The van der Waals surface area contributed by atoms with Gasteiger partial charge < -0.3 is 15.4 Å². The van der Waals surface area contributed by atoms with Crippen molar-refractivity contribution < 1.29 is 17.9 Å². The number of fused-ring (bicyclic) bond motifs is 1. The van der Waals surface area contributed by atoms with Crippen molar-refractivity contribution in [2.75, 3.05) is 29.2 Å². The molecule has 0 aliphatic carbocycles. The van der Waals surface area contributed by atoms with E-state index in [1.54, 1.807) is 17.9 Å². The molecule has 0 radical (unpaired) electrons. The monoisotopic (exact) mass is 567 g/mol. The van der Waals surface area contributed by atoms with E-state index >= 15 is 0 Å². The summed E-state index contributed by atoms with van der Waals surface area (Å²) in [5, 5.41) is 11.6. The summed E-state index contributed by atoms with van der Waals surface area (Å²) in [5.74, 6) is 0.508. The lowest BCUT2D eigenvalue weighted by Gasteiger charge is -2.13. The number of amides is 1. The Morgan fingerprint density at radius 1 is 0.951 bits per heavy atom. The summed E-state index contributed by atoms with van der Waals surface area (Å²) < 4.78 is 31.5. The van der Waals surface area contributed by atoms with Crippen LogP contribution in [0.5, 0.6) is 5.75 Å². The summed E-state index contributed by atoms with van der Waals surface area (Å²) in [6.45, 7) is 1.82. The number of anilines is 3. The van der Waals surface area contributed by atoms with Gasteiger partial charge in [0.05, 0.1) is 47.0 Å². The molecule has 0 saturated carbocycles. The van der Waals surface area contributed by atoms with Crippen molar-refractivity contribution in [2.24, 2.45) is 0 Å². The Labute approximate surface area is 238 Å². The van der Waals surface area contributed by atoms with E-state index in [2.05, 4.69) is 15.7 Å². The Balaban J connectivity index is 1.37. The first-order valence-electron chi connectivity index (χ1n) is 13.3. The largest absolute Gasteiger partial charge is 0.497 e. The second kappa shape index (κ2) is 10.7. The molecule has 6 rings (SSSR count). The molecule has 0 spiro atoms. The molecule has 9 nitrogen and oxygen atoms in total. The van der Waals surface area contributed by atoms with Crippen LogP contribution in [0.15, 0.2) is 84.9 Å². The number of aromatic nitrogens is 3. The van der Waals surface area contributed by atoms with Crippen LogP contribution in [0.1, 0.15) is 28.5 Å². The zero-order valence-corrected chi connectivity index (χ0v) is 23.5. The second-order valence-electron chi connectivity index (χ2n) is 10.1. The number of hydrogen-bond acceptors (Lipinski definition) is 7. The minimum Gasteiger partial charge on any atom is -0.497 e. The Hall–Kier alpha value is -4.70. The van der Waals surface area contributed by atoms with Gasteiger partial charge in [-0.3, -0.25) is 4.79 Å². The van der Waals surface area contributed by atoms with Crippen molar-refractivity contribution in [2.45, 2.75) is 19.4 Å². The van der Waals surface area contributed by atoms with E-state index in [0.717, 1.165) is 16.9 Å². The standard InChI is InChI=1S/C31H29N5O4S/c1-20-29-27(31(37)33-24-12-10-23(11-13-24)32-22-6-4-3-5-7-22)18-28(21-8-14-26(40-2)15-9-21)34-30(29)36(35-20)25-16-17-41(38,39)19-25/h3-15,18,25,32H,16-17,19H2,1-2H3,(H,33,37). The number of hydrogen-bond donors (Lipinski definition) is 2. The number of carbonyl (C=O) groups excluding carboxylic acids is 1. The molecule has 1 amide bonds. The number of aryl methyl sites for hydroxylation is 1. The summed E-state index contributed by atoms with van der Waals surface area (Å²) >= 11 is 0. The van der Waals surface area contributed by atoms with Gasteiger partial charge in [0.25, 0.3) is 5.91 Å². The summed E-state index contributed by atoms with van der Waals surface area (Å²) in [5.41, 5.74) is 5.39. The maximum atomic E-state index is 13.8. The Kier molecular flexibility index (Phi) is 6.92. The number of rotatable bonds is 7. The van der Waals surface area contributed by atoms with Gasteiger partial charge in [-0.2, -0.15) is 5.10 Å². The van der Waals surface area contributed by atoms with Crippen LogP contribution >= 0.6 is 0 Å². The number of nitrogens with one attached hydrogen (secondary N) is 2. The molecular weight excluding hydrogens is 538 g/mol. The van der Waals surface area contributed by atoms with Crippen molar-refractivity contribution >= 4 is 43.8 Å². The van der Waals surface area contributed by atoms with E-state index in [4.69, 9.17) is 9.72 Å². The van der Waals surface area contributed by atoms with E-state index in [-0.39, 0.29) is 23.5 Å². The summed E-state index contributed by atoms with van der Waals surface area (Å²) in [4.78, 5) is 18.7. The highest BCUT2D eigenvalue weighted by molar-refractivity contribution is 7.91. The molecule has 1 atom stereocenters. The van der Waals surface area contributed by atoms with Crippen molar-refractivity contribution in [3.05, 3.63) is 96.2 Å². The fourth-order valence-corrected chi connectivity index (χ4v) is 6.84. The smallest absolute Gasteiger partial charge is 0.256 e. The van der Waals surface area contributed by atoms with Crippen molar-refractivity contribution in [1.29, 1.82) is 0 Å². The molecule has 208 valence electrons. The third kappa shape index (κ3) is 5.51. The highest BCUT2D eigenvalue weighted by atomic mass is 32.2. The van der Waals surface area contributed by atoms with Crippen molar-refractivity contribution in [3.8, 4) is 17.0 Å². The lowest BCUT2D eigenvalue weighted by molar-refractivity contribution is 0.102. The molecule has 1 saturated heterocycles. The van der Waals surface area contributed by atoms with E-state index in [9.17, 15) is 13.2 Å². The fraction of sp³-hybridized carbons (Fsp3) is 0.194. The van der Waals surface area contributed by atoms with Crippen LogP contribution in [0.2, 0.25) is 0 Å². The zero-order chi connectivity index (χ0) is 28.6. The van der Waals surface area contributed by atoms with Crippen LogP contribution in [0.25, 0.3) is 22.3 Å². The number of carbonyl (C=O) groups is 1. The van der Waals surface area contributed by atoms with Crippen LogP contribution < -0.4 is 15.4 Å². The van der Waals surface area contributed by atoms with E-state index in [0.29, 0.717) is 45.8 Å². The van der Waals surface area contributed by atoms with Gasteiger partial charge in [-0.25, -0.2) is 18.1 Å². The van der Waals surface area contributed by atoms with E-state index in [1.165, 1.54) is 0 Å². The van der Waals surface area contributed by atoms with Gasteiger partial charge >= 0.3 is 0 Å². The average molecular weight is 568 g/mol. The van der Waals surface area contributed by atoms with Crippen molar-refractivity contribution in [3.63, 3.8) is 0 Å². The maximum absolute atomic E-state index is 13.8. The average Bonchev–Trinajstić information content (AvgIpc) is 3.52. The first-order valence-corrected chi connectivity index (χ1v) is 15.1. The van der Waals surface area contributed by atoms with Crippen LogP contribution in [0.4, 0.5) is 17.1 Å². The maximum Gasteiger partial charge on any atom is 0.256 e. The van der Waals surface area contributed by atoms with Gasteiger partial charge in [-0.1, -0.05) is 18.2 Å². The number of ether oxygens (including phenoxy) is 1. The molecule has 1 fully saturated rings. The highest BCUT2D eigenvalue weighted by Gasteiger charge is 2.32. The topological polar surface area (TPSA) is 115 Å². The molecule has 5 aromatic rings. The summed E-state index contributed by atoms with van der Waals surface area (Å²) in [6.07, 6.45) is 0.456. The van der Waals surface area contributed by atoms with Gasteiger partial charge in [0.1, 0.15) is 5.75 Å². The number of methoxy groups -OCH3 is 1. The second-order valence-corrected chi connectivity index (χ2v) is 12.3. The van der Waals surface area contributed by atoms with Gasteiger partial charge in [0.15, 0.2) is 15.5 Å². The Morgan fingerprint density at radius 3 is 2.29 bits per heavy atom. The van der Waals surface area contributed by atoms with Crippen LogP contribution in [-0.4, -0.2) is 47.7 Å². The Morgan fingerprint density at radius 2 is 1.63 bits per heavy atom. The number of pyridine rings is 1. The number of benzene rings is 3. The van der Waals surface area contributed by atoms with Gasteiger partial charge in [-0.05, 0) is 80.1 Å². The molecule has 2 N–H and O–H groups in total. The van der Waals surface area contributed by atoms with Crippen LogP contribution in [0.3, 0.4) is 0 Å². The van der Waals surface area contributed by atoms with Crippen LogP contribution in [0, 0.1) is 6.92 Å². The summed E-state index contributed by atoms with van der Waals surface area (Å²) in [7, 11) is -1.55. The SMILES string of the molecule is COc1ccc(-c2cc(C(=O)Nc3ccc(Nc4ccccc4)cc3)c3c(C)nn(C4CCS(=O)(=O)C4)c3n2)cc1. The molecule has 41 heavy (non-hydrogen) atoms. The minimum atomic E-state index is -3.15. The highest BCUT2D eigenvalue weighted by Crippen LogP contribution is 2.33. The lowest BCUT2D eigenvalue weighted by Crippen LogP contribution is -2.15. The van der Waals surface area contributed by atoms with E-state index < -0.39 is 9.84 Å². The lowest BCUT2D eigenvalue weighted by atomic mass is 10.0. The quantitative estimate of drug-likeness (QED) is 0.257. The molecule has 10 heteroatoms. The van der Waals surface area contributed by atoms with Gasteiger partial charge in [0, 0.05) is 22.6 Å². The number of para-hydroxylation sites is 1. The first-order chi connectivity index (χ1) is 19.8. The molecule has 1 unspecified atom stereocenters. The number of sulfone groups is 1. The van der Waals surface area contributed by atoms with Crippen LogP contribution in [-0.2, 0) is 9.84 Å². The predicted octanol–water partition coefficient (Wildman–Crippen LogP) is 5.77. The molecule has 1 aliphatic rings. The van der Waals surface area contributed by atoms with Gasteiger partial charge in [-0.15, -0.1) is 0 Å². The third-order valence-electron chi connectivity index (χ3n) is 7.23. The normalized spacial score (nSPS) is 16.0. The Bertz CT molecular complexity index is 1830. The predicted molar refractivity (Wildman–Crippen MR) is 161 cm³/mol. The third-order valence-corrected chi connectivity index (χ3v) is 8.98. The zero-order valence-electron chi connectivity index (χ0n) is 22.7. The fourth-order valence-electron chi connectivity index (χ4n) is 5.15. The molecule has 1 aliphatic heterocycles. The first kappa shape index (κ1) is 26.5. The minimum absolute atomic E-state index is 0.00254.